The summed E-state index contributed by atoms with van der Waals surface area (Å²) >= 11 is 1.44. The van der Waals surface area contributed by atoms with E-state index in [0.717, 1.165) is 29.7 Å². The lowest BCUT2D eigenvalue weighted by atomic mass is 9.94. The molecule has 1 amide bonds. The van der Waals surface area contributed by atoms with Gasteiger partial charge < -0.3 is 9.64 Å². The summed E-state index contributed by atoms with van der Waals surface area (Å²) in [6.45, 7) is 12.3. The van der Waals surface area contributed by atoms with Gasteiger partial charge in [-0.15, -0.1) is 0 Å². The average molecular weight is 559 g/mol. The number of anilines is 1. The second-order valence-electron chi connectivity index (χ2n) is 10.1. The van der Waals surface area contributed by atoms with Crippen molar-refractivity contribution in [2.75, 3.05) is 51.3 Å². The van der Waals surface area contributed by atoms with Gasteiger partial charge >= 0.3 is 0 Å². The molecule has 0 aliphatic carbocycles. The number of hydrogen-bond acceptors (Lipinski definition) is 7. The summed E-state index contributed by atoms with van der Waals surface area (Å²) in [5.41, 5.74) is 1.15. The molecule has 1 aromatic heterocycles. The fourth-order valence-electron chi connectivity index (χ4n) is 5.13. The molecule has 38 heavy (non-hydrogen) atoms. The van der Waals surface area contributed by atoms with Gasteiger partial charge in [0, 0.05) is 31.7 Å². The number of thiazole rings is 1. The number of hydrogen-bond donors (Lipinski definition) is 0. The van der Waals surface area contributed by atoms with E-state index in [1.807, 2.05) is 18.2 Å². The van der Waals surface area contributed by atoms with E-state index in [0.29, 0.717) is 54.5 Å². The number of sulfonamides is 1. The molecule has 2 unspecified atom stereocenters. The van der Waals surface area contributed by atoms with Gasteiger partial charge in [0.15, 0.2) is 5.13 Å². The molecule has 2 aromatic carbocycles. The lowest BCUT2D eigenvalue weighted by Gasteiger charge is -2.34. The minimum absolute atomic E-state index is 0.209. The molecule has 1 aliphatic heterocycles. The van der Waals surface area contributed by atoms with Crippen LogP contribution in [0.3, 0.4) is 0 Å². The predicted molar refractivity (Wildman–Crippen MR) is 154 cm³/mol. The van der Waals surface area contributed by atoms with Gasteiger partial charge in [0.1, 0.15) is 11.3 Å². The Hall–Kier alpha value is -2.53. The van der Waals surface area contributed by atoms with Gasteiger partial charge in [-0.2, -0.15) is 4.31 Å². The summed E-state index contributed by atoms with van der Waals surface area (Å²) in [5.74, 6) is 1.10. The molecular formula is C28H38N4O4S2. The summed E-state index contributed by atoms with van der Waals surface area (Å²) in [5, 5.41) is 0.592. The zero-order valence-corrected chi connectivity index (χ0v) is 24.5. The number of amides is 1. The number of likely N-dealkylation sites (N-methyl/N-ethyl adjacent to an activating group) is 1. The number of ether oxygens (including phenoxy) is 1. The SMILES string of the molecule is CCN(CC)CCN(C(=O)c1ccc(S(=O)(=O)N2CC(C)CC(C)C2)cc1)c1nc2c(OC)cccc2s1. The minimum Gasteiger partial charge on any atom is -0.494 e. The van der Waals surface area contributed by atoms with E-state index in [2.05, 4.69) is 32.6 Å². The van der Waals surface area contributed by atoms with Crippen LogP contribution >= 0.6 is 11.3 Å². The quantitative estimate of drug-likeness (QED) is 0.350. The third kappa shape index (κ3) is 6.03. The highest BCUT2D eigenvalue weighted by molar-refractivity contribution is 7.89. The van der Waals surface area contributed by atoms with Crippen LogP contribution in [0.1, 0.15) is 44.5 Å². The number of aromatic nitrogens is 1. The third-order valence-corrected chi connectivity index (χ3v) is 10.1. The van der Waals surface area contributed by atoms with Crippen molar-refractivity contribution < 1.29 is 17.9 Å². The Morgan fingerprint density at radius 2 is 1.71 bits per heavy atom. The first-order valence-electron chi connectivity index (χ1n) is 13.3. The standard InChI is InChI=1S/C28H38N4O4S2/c1-6-30(7-2)15-16-32(28-29-26-24(36-5)9-8-10-25(26)37-28)27(33)22-11-13-23(14-12-22)38(34,35)31-18-20(3)17-21(4)19-31/h8-14,20-21H,6-7,15-19H2,1-5H3. The van der Waals surface area contributed by atoms with Crippen molar-refractivity contribution in [1.29, 1.82) is 0 Å². The van der Waals surface area contributed by atoms with E-state index in [4.69, 9.17) is 9.72 Å². The Kier molecular flexibility index (Phi) is 9.07. The van der Waals surface area contributed by atoms with Crippen molar-refractivity contribution in [3.8, 4) is 5.75 Å². The molecule has 206 valence electrons. The van der Waals surface area contributed by atoms with E-state index in [9.17, 15) is 13.2 Å². The van der Waals surface area contributed by atoms with E-state index in [1.165, 1.54) is 11.3 Å². The zero-order chi connectivity index (χ0) is 27.4. The molecular weight excluding hydrogens is 520 g/mol. The first-order chi connectivity index (χ1) is 18.2. The van der Waals surface area contributed by atoms with Crippen molar-refractivity contribution in [2.24, 2.45) is 11.8 Å². The number of para-hydroxylation sites is 1. The minimum atomic E-state index is -3.62. The number of carbonyl (C=O) groups is 1. The lowest BCUT2D eigenvalue weighted by molar-refractivity contribution is 0.0983. The van der Waals surface area contributed by atoms with Gasteiger partial charge in [0.05, 0.1) is 16.7 Å². The molecule has 1 aliphatic rings. The monoisotopic (exact) mass is 558 g/mol. The van der Waals surface area contributed by atoms with Crippen LogP contribution in [-0.4, -0.2) is 74.9 Å². The summed E-state index contributed by atoms with van der Waals surface area (Å²) in [6.07, 6.45) is 1.03. The second-order valence-corrected chi connectivity index (χ2v) is 13.0. The number of fused-ring (bicyclic) bond motifs is 1. The topological polar surface area (TPSA) is 83.1 Å². The van der Waals surface area contributed by atoms with Gasteiger partial charge in [-0.1, -0.05) is 45.1 Å². The van der Waals surface area contributed by atoms with Crippen LogP contribution in [0, 0.1) is 11.8 Å². The molecule has 0 spiro atoms. The molecule has 0 N–H and O–H groups in total. The van der Waals surface area contributed by atoms with Crippen LogP contribution in [0.15, 0.2) is 47.4 Å². The summed E-state index contributed by atoms with van der Waals surface area (Å²) < 4.78 is 34.6. The number of rotatable bonds is 10. The maximum Gasteiger partial charge on any atom is 0.260 e. The molecule has 1 saturated heterocycles. The molecule has 0 bridgehead atoms. The van der Waals surface area contributed by atoms with Gasteiger partial charge in [-0.25, -0.2) is 13.4 Å². The van der Waals surface area contributed by atoms with Crippen LogP contribution in [0.25, 0.3) is 10.2 Å². The molecule has 2 atom stereocenters. The van der Waals surface area contributed by atoms with Crippen molar-refractivity contribution >= 4 is 42.6 Å². The Bertz CT molecular complexity index is 1340. The highest BCUT2D eigenvalue weighted by Gasteiger charge is 2.32. The lowest BCUT2D eigenvalue weighted by Crippen LogP contribution is -2.42. The Morgan fingerprint density at radius 1 is 1.05 bits per heavy atom. The number of methoxy groups -OCH3 is 1. The zero-order valence-electron chi connectivity index (χ0n) is 22.9. The van der Waals surface area contributed by atoms with E-state index >= 15 is 0 Å². The van der Waals surface area contributed by atoms with Gasteiger partial charge in [-0.05, 0) is 67.7 Å². The van der Waals surface area contributed by atoms with Gasteiger partial charge in [0.25, 0.3) is 5.91 Å². The molecule has 10 heteroatoms. The molecule has 0 saturated carbocycles. The van der Waals surface area contributed by atoms with E-state index < -0.39 is 10.0 Å². The molecule has 2 heterocycles. The smallest absolute Gasteiger partial charge is 0.260 e. The summed E-state index contributed by atoms with van der Waals surface area (Å²) in [7, 11) is -2.01. The second kappa shape index (κ2) is 12.1. The fourth-order valence-corrected chi connectivity index (χ4v) is 7.82. The van der Waals surface area contributed by atoms with Crippen molar-refractivity contribution in [3.63, 3.8) is 0 Å². The maximum atomic E-state index is 13.8. The molecule has 1 fully saturated rings. The first kappa shape index (κ1) is 28.5. The van der Waals surface area contributed by atoms with Gasteiger partial charge in [0.2, 0.25) is 10.0 Å². The largest absolute Gasteiger partial charge is 0.494 e. The first-order valence-corrected chi connectivity index (χ1v) is 15.5. The van der Waals surface area contributed by atoms with Crippen LogP contribution in [-0.2, 0) is 10.0 Å². The number of nitrogens with zero attached hydrogens (tertiary/aromatic N) is 4. The van der Waals surface area contributed by atoms with Crippen LogP contribution < -0.4 is 9.64 Å². The third-order valence-electron chi connectivity index (χ3n) is 7.18. The van der Waals surface area contributed by atoms with Crippen LogP contribution in [0.2, 0.25) is 0 Å². The Labute approximate surface area is 230 Å². The molecule has 3 aromatic rings. The Balaban J connectivity index is 1.63. The highest BCUT2D eigenvalue weighted by Crippen LogP contribution is 2.35. The van der Waals surface area contributed by atoms with Crippen molar-refractivity contribution in [3.05, 3.63) is 48.0 Å². The average Bonchev–Trinajstić information content (AvgIpc) is 3.34. The number of carbonyl (C=O) groups excluding carboxylic acids is 1. The van der Waals surface area contributed by atoms with Crippen molar-refractivity contribution in [2.45, 2.75) is 39.0 Å². The molecule has 8 nitrogen and oxygen atoms in total. The van der Waals surface area contributed by atoms with E-state index in [-0.39, 0.29) is 10.8 Å². The van der Waals surface area contributed by atoms with Crippen molar-refractivity contribution in [1.82, 2.24) is 14.2 Å². The predicted octanol–water partition coefficient (Wildman–Crippen LogP) is 4.96. The maximum absolute atomic E-state index is 13.8. The normalized spacial score (nSPS) is 18.7. The summed E-state index contributed by atoms with van der Waals surface area (Å²) in [4.78, 5) is 22.7. The van der Waals surface area contributed by atoms with Gasteiger partial charge in [-0.3, -0.25) is 9.69 Å². The summed E-state index contributed by atoms with van der Waals surface area (Å²) in [6, 6.07) is 12.1. The Morgan fingerprint density at radius 3 is 2.32 bits per heavy atom. The van der Waals surface area contributed by atoms with Crippen LogP contribution in [0.5, 0.6) is 5.75 Å². The number of piperidine rings is 1. The van der Waals surface area contributed by atoms with Crippen LogP contribution in [0.4, 0.5) is 5.13 Å². The molecule has 0 radical (unpaired) electrons. The fraction of sp³-hybridized carbons (Fsp3) is 0.500. The highest BCUT2D eigenvalue weighted by atomic mass is 32.2. The molecule has 4 rings (SSSR count). The van der Waals surface area contributed by atoms with E-state index in [1.54, 1.807) is 40.6 Å². The number of benzene rings is 2.